The zero-order chi connectivity index (χ0) is 7.82. The summed E-state index contributed by atoms with van der Waals surface area (Å²) < 4.78 is 0. The molecule has 0 saturated carbocycles. The Kier molecular flexibility index (Phi) is 6.29. The fourth-order valence-electron chi connectivity index (χ4n) is 0.610. The van der Waals surface area contributed by atoms with E-state index in [1.807, 2.05) is 19.2 Å². The lowest BCUT2D eigenvalue weighted by molar-refractivity contribution is 0.540. The summed E-state index contributed by atoms with van der Waals surface area (Å²) in [6.07, 6.45) is 3.92. The van der Waals surface area contributed by atoms with Crippen molar-refractivity contribution in [1.29, 1.82) is 0 Å². The van der Waals surface area contributed by atoms with E-state index in [-0.39, 0.29) is 0 Å². The van der Waals surface area contributed by atoms with Gasteiger partial charge in [-0.1, -0.05) is 19.9 Å². The second kappa shape index (κ2) is 6.62. The first-order chi connectivity index (χ1) is 4.77. The molecule has 0 amide bonds. The van der Waals surface area contributed by atoms with Crippen LogP contribution in [0.1, 0.15) is 20.8 Å². The van der Waals surface area contributed by atoms with Gasteiger partial charge in [-0.15, -0.1) is 0 Å². The standard InChI is InChI=1S/C8H18N2/c1-4-5-9-7-10-6-8(2)3/h4-5,8-10H,6-7H2,1-3H3/b5-4-. The normalized spacial score (nSPS) is 11.2. The van der Waals surface area contributed by atoms with Gasteiger partial charge < -0.3 is 5.32 Å². The van der Waals surface area contributed by atoms with Crippen molar-refractivity contribution in [3.05, 3.63) is 12.3 Å². The van der Waals surface area contributed by atoms with E-state index in [0.717, 1.165) is 19.1 Å². The summed E-state index contributed by atoms with van der Waals surface area (Å²) in [5.41, 5.74) is 0. The summed E-state index contributed by atoms with van der Waals surface area (Å²) in [4.78, 5) is 0. The molecule has 0 rings (SSSR count). The molecule has 60 valence electrons. The first kappa shape index (κ1) is 9.50. The van der Waals surface area contributed by atoms with Crippen molar-refractivity contribution in [3.8, 4) is 0 Å². The minimum atomic E-state index is 0.729. The van der Waals surface area contributed by atoms with Gasteiger partial charge in [-0.3, -0.25) is 5.32 Å². The summed E-state index contributed by atoms with van der Waals surface area (Å²) in [5, 5.41) is 6.36. The van der Waals surface area contributed by atoms with Crippen molar-refractivity contribution in [2.45, 2.75) is 20.8 Å². The monoisotopic (exact) mass is 142 g/mol. The van der Waals surface area contributed by atoms with Crippen LogP contribution in [0.4, 0.5) is 0 Å². The molecule has 0 unspecified atom stereocenters. The molecule has 0 aromatic heterocycles. The van der Waals surface area contributed by atoms with Crippen LogP contribution in [0.25, 0.3) is 0 Å². The molecule has 2 N–H and O–H groups in total. The molecule has 0 fully saturated rings. The molecule has 10 heavy (non-hydrogen) atoms. The van der Waals surface area contributed by atoms with Gasteiger partial charge in [-0.2, -0.15) is 0 Å². The van der Waals surface area contributed by atoms with Gasteiger partial charge in [0.2, 0.25) is 0 Å². The Morgan fingerprint density at radius 1 is 1.40 bits per heavy atom. The third-order valence-electron chi connectivity index (χ3n) is 1.06. The highest BCUT2D eigenvalue weighted by molar-refractivity contribution is 4.72. The summed E-state index contributed by atoms with van der Waals surface area (Å²) >= 11 is 0. The second-order valence-corrected chi connectivity index (χ2v) is 2.73. The fraction of sp³-hybridized carbons (Fsp3) is 0.750. The first-order valence-corrected chi connectivity index (χ1v) is 3.82. The van der Waals surface area contributed by atoms with Crippen LogP contribution in [0.3, 0.4) is 0 Å². The van der Waals surface area contributed by atoms with Crippen molar-refractivity contribution in [3.63, 3.8) is 0 Å². The Morgan fingerprint density at radius 3 is 2.60 bits per heavy atom. The SMILES string of the molecule is C/C=C\NCNCC(C)C. The van der Waals surface area contributed by atoms with E-state index in [1.54, 1.807) is 0 Å². The van der Waals surface area contributed by atoms with Gasteiger partial charge in [-0.05, 0) is 25.6 Å². The quantitative estimate of drug-likeness (QED) is 0.447. The van der Waals surface area contributed by atoms with E-state index in [9.17, 15) is 0 Å². The molecular weight excluding hydrogens is 124 g/mol. The molecular formula is C8H18N2. The summed E-state index contributed by atoms with van der Waals surface area (Å²) in [5.74, 6) is 0.729. The number of hydrogen-bond acceptors (Lipinski definition) is 2. The molecule has 0 atom stereocenters. The van der Waals surface area contributed by atoms with Crippen molar-refractivity contribution in [2.75, 3.05) is 13.2 Å². The van der Waals surface area contributed by atoms with E-state index in [0.29, 0.717) is 0 Å². The molecule has 2 heteroatoms. The second-order valence-electron chi connectivity index (χ2n) is 2.73. The molecule has 0 heterocycles. The van der Waals surface area contributed by atoms with Gasteiger partial charge in [0.25, 0.3) is 0 Å². The predicted molar refractivity (Wildman–Crippen MR) is 45.7 cm³/mol. The summed E-state index contributed by atoms with van der Waals surface area (Å²) in [7, 11) is 0. The van der Waals surface area contributed by atoms with Gasteiger partial charge in [0.1, 0.15) is 0 Å². The number of nitrogens with one attached hydrogen (secondary N) is 2. The zero-order valence-electron chi connectivity index (χ0n) is 7.15. The van der Waals surface area contributed by atoms with Crippen LogP contribution >= 0.6 is 0 Å². The Balaban J connectivity index is 2.91. The lowest BCUT2D eigenvalue weighted by atomic mass is 10.2. The smallest absolute Gasteiger partial charge is 0.0648 e. The van der Waals surface area contributed by atoms with Crippen molar-refractivity contribution in [2.24, 2.45) is 5.92 Å². The number of allylic oxidation sites excluding steroid dienone is 1. The van der Waals surface area contributed by atoms with Crippen LogP contribution in [-0.2, 0) is 0 Å². The average molecular weight is 142 g/mol. The highest BCUT2D eigenvalue weighted by Crippen LogP contribution is 1.84. The predicted octanol–water partition coefficient (Wildman–Crippen LogP) is 1.31. The highest BCUT2D eigenvalue weighted by atomic mass is 15.0. The van der Waals surface area contributed by atoms with E-state index in [1.165, 1.54) is 0 Å². The summed E-state index contributed by atoms with van der Waals surface area (Å²) in [6.45, 7) is 8.33. The van der Waals surface area contributed by atoms with Crippen LogP contribution < -0.4 is 10.6 Å². The lowest BCUT2D eigenvalue weighted by Crippen LogP contribution is -2.28. The van der Waals surface area contributed by atoms with Gasteiger partial charge in [0.15, 0.2) is 0 Å². The molecule has 0 aliphatic rings. The van der Waals surface area contributed by atoms with Gasteiger partial charge in [0, 0.05) is 0 Å². The maximum absolute atomic E-state index is 3.26. The zero-order valence-corrected chi connectivity index (χ0v) is 7.15. The van der Waals surface area contributed by atoms with E-state index in [4.69, 9.17) is 0 Å². The Labute approximate surface area is 63.7 Å². The molecule has 0 saturated heterocycles. The molecule has 0 aromatic rings. The van der Waals surface area contributed by atoms with Crippen LogP contribution in [-0.4, -0.2) is 13.2 Å². The maximum atomic E-state index is 3.26. The first-order valence-electron chi connectivity index (χ1n) is 3.82. The van der Waals surface area contributed by atoms with Gasteiger partial charge in [-0.25, -0.2) is 0 Å². The third-order valence-corrected chi connectivity index (χ3v) is 1.06. The third kappa shape index (κ3) is 7.50. The highest BCUT2D eigenvalue weighted by Gasteiger charge is 1.88. The largest absolute Gasteiger partial charge is 0.379 e. The Morgan fingerprint density at radius 2 is 2.10 bits per heavy atom. The van der Waals surface area contributed by atoms with Crippen molar-refractivity contribution < 1.29 is 0 Å². The average Bonchev–Trinajstić information content (AvgIpc) is 1.87. The topological polar surface area (TPSA) is 24.1 Å². The maximum Gasteiger partial charge on any atom is 0.0648 e. The molecule has 0 aliphatic carbocycles. The van der Waals surface area contributed by atoms with Crippen LogP contribution in [0.2, 0.25) is 0 Å². The minimum absolute atomic E-state index is 0.729. The summed E-state index contributed by atoms with van der Waals surface area (Å²) in [6, 6.07) is 0. The van der Waals surface area contributed by atoms with E-state index >= 15 is 0 Å². The molecule has 0 bridgehead atoms. The fourth-order valence-corrected chi connectivity index (χ4v) is 0.610. The van der Waals surface area contributed by atoms with Crippen molar-refractivity contribution >= 4 is 0 Å². The van der Waals surface area contributed by atoms with Gasteiger partial charge in [0.05, 0.1) is 6.67 Å². The van der Waals surface area contributed by atoms with Crippen molar-refractivity contribution in [1.82, 2.24) is 10.6 Å². The molecule has 0 aliphatic heterocycles. The van der Waals surface area contributed by atoms with E-state index in [2.05, 4.69) is 24.5 Å². The lowest BCUT2D eigenvalue weighted by Gasteiger charge is -2.06. The number of hydrogen-bond donors (Lipinski definition) is 2. The van der Waals surface area contributed by atoms with E-state index < -0.39 is 0 Å². The van der Waals surface area contributed by atoms with Gasteiger partial charge >= 0.3 is 0 Å². The molecule has 0 spiro atoms. The van der Waals surface area contributed by atoms with Crippen LogP contribution in [0.5, 0.6) is 0 Å². The molecule has 0 radical (unpaired) electrons. The molecule has 2 nitrogen and oxygen atoms in total. The minimum Gasteiger partial charge on any atom is -0.379 e. The Hall–Kier alpha value is -0.500. The Bertz CT molecular complexity index is 87.3. The number of rotatable bonds is 5. The molecule has 0 aromatic carbocycles. The van der Waals surface area contributed by atoms with Crippen LogP contribution in [0, 0.1) is 5.92 Å². The van der Waals surface area contributed by atoms with Crippen LogP contribution in [0.15, 0.2) is 12.3 Å².